The highest BCUT2D eigenvalue weighted by atomic mass is 15.3. The molecule has 1 aromatic rings. The van der Waals surface area contributed by atoms with Crippen molar-refractivity contribution in [3.8, 4) is 0 Å². The highest BCUT2D eigenvalue weighted by Crippen LogP contribution is 2.05. The van der Waals surface area contributed by atoms with Crippen LogP contribution < -0.4 is 5.32 Å². The third-order valence-electron chi connectivity index (χ3n) is 1.88. The normalized spacial score (nSPS) is 24.3. The van der Waals surface area contributed by atoms with Crippen molar-refractivity contribution in [2.45, 2.75) is 26.1 Å². The lowest BCUT2D eigenvalue weighted by Gasteiger charge is -2.21. The van der Waals surface area contributed by atoms with Crippen LogP contribution in [0.1, 0.15) is 12.6 Å². The van der Waals surface area contributed by atoms with E-state index in [4.69, 9.17) is 0 Å². The van der Waals surface area contributed by atoms with E-state index < -0.39 is 0 Å². The summed E-state index contributed by atoms with van der Waals surface area (Å²) in [5.74, 6) is 0. The molecule has 2 heterocycles. The molecule has 0 aliphatic carbocycles. The molecule has 1 aromatic heterocycles. The van der Waals surface area contributed by atoms with E-state index in [9.17, 15) is 0 Å². The van der Waals surface area contributed by atoms with Crippen LogP contribution in [-0.4, -0.2) is 15.8 Å². The van der Waals surface area contributed by atoms with E-state index in [0.717, 1.165) is 13.1 Å². The minimum Gasteiger partial charge on any atom is -0.307 e. The van der Waals surface area contributed by atoms with Crippen molar-refractivity contribution in [2.24, 2.45) is 0 Å². The number of nitrogens with zero attached hydrogens (tertiary/aromatic N) is 2. The van der Waals surface area contributed by atoms with Crippen molar-refractivity contribution in [3.63, 3.8) is 0 Å². The quantitative estimate of drug-likeness (QED) is 0.560. The van der Waals surface area contributed by atoms with Gasteiger partial charge in [-0.15, -0.1) is 0 Å². The molecule has 0 saturated heterocycles. The first-order valence-corrected chi connectivity index (χ1v) is 3.60. The average molecular weight is 137 g/mol. The third kappa shape index (κ3) is 0.827. The molecule has 2 rings (SSSR count). The van der Waals surface area contributed by atoms with E-state index in [1.807, 2.05) is 6.20 Å². The van der Waals surface area contributed by atoms with Gasteiger partial charge in [0.2, 0.25) is 0 Å². The molecule has 0 amide bonds. The number of hydrogen-bond acceptors (Lipinski definition) is 2. The number of aromatic nitrogens is 2. The minimum atomic E-state index is 0.562. The largest absolute Gasteiger partial charge is 0.307 e. The molecule has 0 fully saturated rings. The van der Waals surface area contributed by atoms with Crippen molar-refractivity contribution >= 4 is 0 Å². The zero-order valence-corrected chi connectivity index (χ0v) is 6.04. The maximum absolute atomic E-state index is 4.18. The third-order valence-corrected chi connectivity index (χ3v) is 1.88. The van der Waals surface area contributed by atoms with Gasteiger partial charge in [0.1, 0.15) is 0 Å². The summed E-state index contributed by atoms with van der Waals surface area (Å²) in [7, 11) is 0. The molecular weight excluding hydrogens is 126 g/mol. The fourth-order valence-corrected chi connectivity index (χ4v) is 1.28. The maximum atomic E-state index is 4.18. The summed E-state index contributed by atoms with van der Waals surface area (Å²) >= 11 is 0. The van der Waals surface area contributed by atoms with Crippen molar-refractivity contribution in [3.05, 3.63) is 18.0 Å². The summed E-state index contributed by atoms with van der Waals surface area (Å²) in [6.07, 6.45) is 1.86. The van der Waals surface area contributed by atoms with Crippen molar-refractivity contribution in [1.82, 2.24) is 15.1 Å². The standard InChI is InChI=1S/C7H11N3/c1-6-5-10-7(4-8-6)2-3-9-10/h2-3,6,8H,4-5H2,1H3/t6-/m0/s1. The summed E-state index contributed by atoms with van der Waals surface area (Å²) in [6.45, 7) is 4.13. The number of nitrogens with one attached hydrogen (secondary N) is 1. The molecule has 0 bridgehead atoms. The minimum absolute atomic E-state index is 0.562. The zero-order chi connectivity index (χ0) is 6.97. The summed E-state index contributed by atoms with van der Waals surface area (Å²) < 4.78 is 2.06. The fourth-order valence-electron chi connectivity index (χ4n) is 1.28. The van der Waals surface area contributed by atoms with Gasteiger partial charge in [-0.1, -0.05) is 0 Å². The Balaban J connectivity index is 2.30. The lowest BCUT2D eigenvalue weighted by molar-refractivity contribution is 0.389. The highest BCUT2D eigenvalue weighted by molar-refractivity contribution is 5.02. The summed E-state index contributed by atoms with van der Waals surface area (Å²) in [5.41, 5.74) is 1.29. The van der Waals surface area contributed by atoms with Crippen LogP contribution in [0.5, 0.6) is 0 Å². The second kappa shape index (κ2) is 2.09. The van der Waals surface area contributed by atoms with Crippen molar-refractivity contribution in [2.75, 3.05) is 0 Å². The van der Waals surface area contributed by atoms with Gasteiger partial charge in [-0.3, -0.25) is 4.68 Å². The fraction of sp³-hybridized carbons (Fsp3) is 0.571. The molecule has 1 atom stereocenters. The molecule has 1 aliphatic heterocycles. The van der Waals surface area contributed by atoms with E-state index in [0.29, 0.717) is 6.04 Å². The van der Waals surface area contributed by atoms with Crippen LogP contribution in [0, 0.1) is 0 Å². The Labute approximate surface area is 60.0 Å². The highest BCUT2D eigenvalue weighted by Gasteiger charge is 2.12. The second-order valence-corrected chi connectivity index (χ2v) is 2.79. The van der Waals surface area contributed by atoms with Crippen molar-refractivity contribution in [1.29, 1.82) is 0 Å². The summed E-state index contributed by atoms with van der Waals surface area (Å²) in [6, 6.07) is 2.62. The molecule has 3 nitrogen and oxygen atoms in total. The molecule has 0 spiro atoms. The molecule has 1 N–H and O–H groups in total. The van der Waals surface area contributed by atoms with Gasteiger partial charge in [0.15, 0.2) is 0 Å². The zero-order valence-electron chi connectivity index (χ0n) is 6.04. The van der Waals surface area contributed by atoms with E-state index in [1.54, 1.807) is 0 Å². The molecule has 0 unspecified atom stereocenters. The van der Waals surface area contributed by atoms with Gasteiger partial charge < -0.3 is 5.32 Å². The van der Waals surface area contributed by atoms with E-state index in [1.165, 1.54) is 5.69 Å². The SMILES string of the molecule is C[C@H]1Cn2nccc2CN1. The van der Waals surface area contributed by atoms with Gasteiger partial charge >= 0.3 is 0 Å². The van der Waals surface area contributed by atoms with Gasteiger partial charge in [0, 0.05) is 18.8 Å². The van der Waals surface area contributed by atoms with Crippen LogP contribution in [0.25, 0.3) is 0 Å². The monoisotopic (exact) mass is 137 g/mol. The van der Waals surface area contributed by atoms with Crippen LogP contribution in [-0.2, 0) is 13.1 Å². The Kier molecular flexibility index (Phi) is 1.24. The van der Waals surface area contributed by atoms with Crippen LogP contribution in [0.4, 0.5) is 0 Å². The Morgan fingerprint density at radius 1 is 1.80 bits per heavy atom. The van der Waals surface area contributed by atoms with Crippen molar-refractivity contribution < 1.29 is 0 Å². The molecule has 1 aliphatic rings. The predicted molar refractivity (Wildman–Crippen MR) is 38.5 cm³/mol. The summed E-state index contributed by atoms with van der Waals surface area (Å²) in [4.78, 5) is 0. The summed E-state index contributed by atoms with van der Waals surface area (Å²) in [5, 5.41) is 7.55. The lowest BCUT2D eigenvalue weighted by atomic mass is 10.2. The lowest BCUT2D eigenvalue weighted by Crippen LogP contribution is -2.36. The van der Waals surface area contributed by atoms with Gasteiger partial charge in [-0.2, -0.15) is 5.10 Å². The van der Waals surface area contributed by atoms with Gasteiger partial charge in [0.05, 0.1) is 12.2 Å². The van der Waals surface area contributed by atoms with Crippen LogP contribution in [0.3, 0.4) is 0 Å². The molecule has 0 saturated carbocycles. The Bertz CT molecular complexity index is 229. The molecule has 10 heavy (non-hydrogen) atoms. The van der Waals surface area contributed by atoms with E-state index in [-0.39, 0.29) is 0 Å². The molecule has 3 heteroatoms. The molecule has 0 aromatic carbocycles. The number of rotatable bonds is 0. The first kappa shape index (κ1) is 5.92. The van der Waals surface area contributed by atoms with Gasteiger partial charge in [0.25, 0.3) is 0 Å². The molecule has 0 radical (unpaired) electrons. The predicted octanol–water partition coefficient (Wildman–Crippen LogP) is 0.375. The first-order valence-electron chi connectivity index (χ1n) is 3.60. The second-order valence-electron chi connectivity index (χ2n) is 2.79. The smallest absolute Gasteiger partial charge is 0.0563 e. The molecular formula is C7H11N3. The van der Waals surface area contributed by atoms with E-state index >= 15 is 0 Å². The maximum Gasteiger partial charge on any atom is 0.0563 e. The molecule has 54 valence electrons. The van der Waals surface area contributed by atoms with Crippen LogP contribution >= 0.6 is 0 Å². The number of fused-ring (bicyclic) bond motifs is 1. The van der Waals surface area contributed by atoms with E-state index in [2.05, 4.69) is 28.1 Å². The Morgan fingerprint density at radius 2 is 2.70 bits per heavy atom. The first-order chi connectivity index (χ1) is 4.86. The topological polar surface area (TPSA) is 29.9 Å². The van der Waals surface area contributed by atoms with Gasteiger partial charge in [-0.25, -0.2) is 0 Å². The van der Waals surface area contributed by atoms with Crippen LogP contribution in [0.15, 0.2) is 12.3 Å². The Morgan fingerprint density at radius 3 is 3.60 bits per heavy atom. The number of hydrogen-bond donors (Lipinski definition) is 1. The van der Waals surface area contributed by atoms with Gasteiger partial charge in [-0.05, 0) is 13.0 Å². The Hall–Kier alpha value is -0.830. The van der Waals surface area contributed by atoms with Crippen LogP contribution in [0.2, 0.25) is 0 Å². The average Bonchev–Trinajstić information content (AvgIpc) is 2.33.